The molecule has 0 aliphatic carbocycles. The molecule has 0 spiro atoms. The highest BCUT2D eigenvalue weighted by Gasteiger charge is 2.37. The molecule has 0 fully saturated rings. The van der Waals surface area contributed by atoms with Gasteiger partial charge in [0.05, 0.1) is 17.7 Å². The van der Waals surface area contributed by atoms with Crippen molar-refractivity contribution in [1.29, 1.82) is 0 Å². The van der Waals surface area contributed by atoms with E-state index in [9.17, 15) is 18.0 Å². The number of hydrogen-bond acceptors (Lipinski definition) is 2. The van der Waals surface area contributed by atoms with E-state index in [0.29, 0.717) is 0 Å². The number of aryl methyl sites for hydroxylation is 1. The zero-order valence-electron chi connectivity index (χ0n) is 8.26. The molecule has 6 heteroatoms. The Morgan fingerprint density at radius 2 is 2.07 bits per heavy atom. The number of nitrogens with zero attached hydrogens (tertiary/aromatic N) is 1. The largest absolute Gasteiger partial charge is 0.462 e. The molecule has 3 nitrogen and oxygen atoms in total. The summed E-state index contributed by atoms with van der Waals surface area (Å²) in [4.78, 5) is 11.2. The van der Waals surface area contributed by atoms with Crippen molar-refractivity contribution in [3.63, 3.8) is 0 Å². The van der Waals surface area contributed by atoms with Crippen molar-refractivity contribution in [1.82, 2.24) is 4.57 Å². The van der Waals surface area contributed by atoms with Crippen LogP contribution in [0, 0.1) is 0 Å². The van der Waals surface area contributed by atoms with Gasteiger partial charge in [-0.1, -0.05) is 0 Å². The number of carbonyl (C=O) groups is 1. The summed E-state index contributed by atoms with van der Waals surface area (Å²) in [5, 5.41) is 0. The fourth-order valence-electron chi connectivity index (χ4n) is 1.18. The average Bonchev–Trinajstić information content (AvgIpc) is 2.47. The molecule has 0 aromatic carbocycles. The fraction of sp³-hybridized carbons (Fsp3) is 0.444. The minimum atomic E-state index is -4.54. The SMILES string of the molecule is CCOC(=O)c1cn(C)cc1C(F)(F)F. The van der Waals surface area contributed by atoms with Gasteiger partial charge in [-0.3, -0.25) is 0 Å². The monoisotopic (exact) mass is 221 g/mol. The van der Waals surface area contributed by atoms with Gasteiger partial charge in [-0.05, 0) is 6.92 Å². The van der Waals surface area contributed by atoms with Gasteiger partial charge in [-0.15, -0.1) is 0 Å². The number of hydrogen-bond donors (Lipinski definition) is 0. The second kappa shape index (κ2) is 3.96. The second-order valence-corrected chi connectivity index (χ2v) is 2.97. The minimum Gasteiger partial charge on any atom is -0.462 e. The van der Waals surface area contributed by atoms with Crippen molar-refractivity contribution in [2.24, 2.45) is 7.05 Å². The summed E-state index contributed by atoms with van der Waals surface area (Å²) in [6.45, 7) is 1.58. The van der Waals surface area contributed by atoms with E-state index in [1.807, 2.05) is 0 Å². The van der Waals surface area contributed by atoms with Crippen molar-refractivity contribution in [3.8, 4) is 0 Å². The number of rotatable bonds is 2. The van der Waals surface area contributed by atoms with Crippen LogP contribution in [0.4, 0.5) is 13.2 Å². The molecule has 0 unspecified atom stereocenters. The molecule has 1 heterocycles. The lowest BCUT2D eigenvalue weighted by atomic mass is 10.2. The number of ether oxygens (including phenoxy) is 1. The molecule has 0 aliphatic heterocycles. The third-order valence-electron chi connectivity index (χ3n) is 1.76. The van der Waals surface area contributed by atoms with Crippen molar-refractivity contribution in [2.45, 2.75) is 13.1 Å². The first-order chi connectivity index (χ1) is 6.86. The molecular formula is C9H10F3NO2. The molecule has 0 saturated heterocycles. The Morgan fingerprint density at radius 1 is 1.47 bits per heavy atom. The Kier molecular flexibility index (Phi) is 3.06. The molecule has 0 atom stereocenters. The summed E-state index contributed by atoms with van der Waals surface area (Å²) in [5.74, 6) is -0.953. The summed E-state index contributed by atoms with van der Waals surface area (Å²) in [6.07, 6.45) is -2.59. The molecule has 84 valence electrons. The van der Waals surface area contributed by atoms with Gasteiger partial charge in [0.1, 0.15) is 0 Å². The summed E-state index contributed by atoms with van der Waals surface area (Å²) in [5.41, 5.74) is -1.42. The second-order valence-electron chi connectivity index (χ2n) is 2.97. The van der Waals surface area contributed by atoms with Crippen LogP contribution in [0.3, 0.4) is 0 Å². The zero-order valence-corrected chi connectivity index (χ0v) is 8.26. The Bertz CT molecular complexity index is 368. The van der Waals surface area contributed by atoms with Crippen LogP contribution < -0.4 is 0 Å². The van der Waals surface area contributed by atoms with Crippen LogP contribution >= 0.6 is 0 Å². The standard InChI is InChI=1S/C9H10F3NO2/c1-3-15-8(14)6-4-13(2)5-7(6)9(10,11)12/h4-5H,3H2,1-2H3. The topological polar surface area (TPSA) is 31.2 Å². The van der Waals surface area contributed by atoms with Crippen LogP contribution in [-0.2, 0) is 18.0 Å². The average molecular weight is 221 g/mol. The fourth-order valence-corrected chi connectivity index (χ4v) is 1.18. The van der Waals surface area contributed by atoms with Crippen molar-refractivity contribution >= 4 is 5.97 Å². The lowest BCUT2D eigenvalue weighted by molar-refractivity contribution is -0.138. The first-order valence-electron chi connectivity index (χ1n) is 4.26. The van der Waals surface area contributed by atoms with Gasteiger partial charge in [-0.25, -0.2) is 4.79 Å². The molecule has 15 heavy (non-hydrogen) atoms. The van der Waals surface area contributed by atoms with E-state index in [0.717, 1.165) is 12.4 Å². The summed E-state index contributed by atoms with van der Waals surface area (Å²) < 4.78 is 43.0. The number of halogens is 3. The minimum absolute atomic E-state index is 0.0467. The Hall–Kier alpha value is -1.46. The highest BCUT2D eigenvalue weighted by Crippen LogP contribution is 2.32. The molecule has 0 radical (unpaired) electrons. The Labute approximate surface area is 84.4 Å². The van der Waals surface area contributed by atoms with Gasteiger partial charge < -0.3 is 9.30 Å². The van der Waals surface area contributed by atoms with E-state index in [-0.39, 0.29) is 6.61 Å². The normalized spacial score (nSPS) is 11.5. The van der Waals surface area contributed by atoms with E-state index in [1.54, 1.807) is 0 Å². The maximum absolute atomic E-state index is 12.4. The maximum Gasteiger partial charge on any atom is 0.418 e. The Morgan fingerprint density at radius 3 is 2.53 bits per heavy atom. The number of alkyl halides is 3. The molecule has 1 rings (SSSR count). The van der Waals surface area contributed by atoms with Crippen molar-refractivity contribution < 1.29 is 22.7 Å². The molecule has 0 amide bonds. The van der Waals surface area contributed by atoms with E-state index in [4.69, 9.17) is 0 Å². The quantitative estimate of drug-likeness (QED) is 0.717. The number of esters is 1. The smallest absolute Gasteiger partial charge is 0.418 e. The van der Waals surface area contributed by atoms with Crippen molar-refractivity contribution in [3.05, 3.63) is 23.5 Å². The molecule has 0 saturated carbocycles. The van der Waals surface area contributed by atoms with Gasteiger partial charge in [-0.2, -0.15) is 13.2 Å². The van der Waals surface area contributed by atoms with E-state index in [1.165, 1.54) is 18.5 Å². The predicted molar refractivity (Wildman–Crippen MR) is 46.4 cm³/mol. The third-order valence-corrected chi connectivity index (χ3v) is 1.76. The van der Waals surface area contributed by atoms with Crippen LogP contribution in [0.15, 0.2) is 12.4 Å². The van der Waals surface area contributed by atoms with Crippen LogP contribution in [0.5, 0.6) is 0 Å². The zero-order chi connectivity index (χ0) is 11.6. The lowest BCUT2D eigenvalue weighted by Gasteiger charge is -2.06. The van der Waals surface area contributed by atoms with Crippen molar-refractivity contribution in [2.75, 3.05) is 6.61 Å². The molecule has 0 bridgehead atoms. The molecule has 1 aromatic heterocycles. The van der Waals surface area contributed by atoms with Crippen LogP contribution in [0.25, 0.3) is 0 Å². The van der Waals surface area contributed by atoms with Gasteiger partial charge in [0, 0.05) is 19.4 Å². The molecule has 1 aromatic rings. The lowest BCUT2D eigenvalue weighted by Crippen LogP contribution is -2.12. The van der Waals surface area contributed by atoms with Crippen LogP contribution in [0.2, 0.25) is 0 Å². The number of aromatic nitrogens is 1. The number of carbonyl (C=O) groups excluding carboxylic acids is 1. The van der Waals surface area contributed by atoms with E-state index in [2.05, 4.69) is 4.74 Å². The summed E-state index contributed by atoms with van der Waals surface area (Å²) in [7, 11) is 1.41. The highest BCUT2D eigenvalue weighted by molar-refractivity contribution is 5.91. The van der Waals surface area contributed by atoms with E-state index < -0.39 is 23.3 Å². The molecule has 0 N–H and O–H groups in total. The first-order valence-corrected chi connectivity index (χ1v) is 4.26. The molecule has 0 aliphatic rings. The van der Waals surface area contributed by atoms with Gasteiger partial charge in [0.15, 0.2) is 0 Å². The summed E-state index contributed by atoms with van der Waals surface area (Å²) in [6, 6.07) is 0. The third kappa shape index (κ3) is 2.51. The first kappa shape index (κ1) is 11.6. The summed E-state index contributed by atoms with van der Waals surface area (Å²) >= 11 is 0. The van der Waals surface area contributed by atoms with Gasteiger partial charge >= 0.3 is 12.1 Å². The highest BCUT2D eigenvalue weighted by atomic mass is 19.4. The van der Waals surface area contributed by atoms with E-state index >= 15 is 0 Å². The molecular weight excluding hydrogens is 211 g/mol. The van der Waals surface area contributed by atoms with Crippen LogP contribution in [-0.4, -0.2) is 17.1 Å². The Balaban J connectivity index is 3.12. The van der Waals surface area contributed by atoms with Gasteiger partial charge in [0.25, 0.3) is 0 Å². The van der Waals surface area contributed by atoms with Crippen LogP contribution in [0.1, 0.15) is 22.8 Å². The predicted octanol–water partition coefficient (Wildman–Crippen LogP) is 2.22. The maximum atomic E-state index is 12.4. The van der Waals surface area contributed by atoms with Gasteiger partial charge in [0.2, 0.25) is 0 Å².